The monoisotopic (exact) mass is 272 g/mol. The molecule has 0 saturated carbocycles. The fourth-order valence-electron chi connectivity index (χ4n) is 1.63. The van der Waals surface area contributed by atoms with Gasteiger partial charge in [0.1, 0.15) is 6.04 Å². The third kappa shape index (κ3) is 2.02. The second-order valence-corrected chi connectivity index (χ2v) is 5.85. The summed E-state index contributed by atoms with van der Waals surface area (Å²) in [6.45, 7) is 1.04. The number of nitrogens with one attached hydrogen (secondary N) is 1. The molecule has 1 N–H and O–H groups in total. The lowest BCUT2D eigenvalue weighted by Gasteiger charge is -2.29. The van der Waals surface area contributed by atoms with Crippen molar-refractivity contribution < 1.29 is 18.0 Å². The van der Waals surface area contributed by atoms with Crippen LogP contribution >= 0.6 is 0 Å². The first-order chi connectivity index (χ1) is 8.32. The van der Waals surface area contributed by atoms with E-state index in [1.807, 2.05) is 0 Å². The Labute approximate surface area is 104 Å². The highest BCUT2D eigenvalue weighted by Crippen LogP contribution is 2.18. The van der Waals surface area contributed by atoms with E-state index in [2.05, 4.69) is 10.3 Å². The van der Waals surface area contributed by atoms with Crippen molar-refractivity contribution in [2.24, 2.45) is 7.05 Å². The summed E-state index contributed by atoms with van der Waals surface area (Å²) < 4.78 is 26.8. The number of piperazine rings is 1. The molecular formula is C9H12N4O4S. The first-order valence-electron chi connectivity index (χ1n) is 5.16. The van der Waals surface area contributed by atoms with Gasteiger partial charge in [0.05, 0.1) is 12.9 Å². The zero-order valence-electron chi connectivity index (χ0n) is 9.82. The summed E-state index contributed by atoms with van der Waals surface area (Å²) in [5, 5.41) is 1.90. The van der Waals surface area contributed by atoms with Crippen molar-refractivity contribution in [3.8, 4) is 0 Å². The van der Waals surface area contributed by atoms with Crippen molar-refractivity contribution in [3.63, 3.8) is 0 Å². The molecule has 1 aromatic rings. The topological polar surface area (TPSA) is 101 Å². The molecule has 1 aliphatic rings. The number of rotatable bonds is 2. The van der Waals surface area contributed by atoms with E-state index in [1.54, 1.807) is 7.05 Å². The summed E-state index contributed by atoms with van der Waals surface area (Å²) in [6.07, 6.45) is 2.66. The minimum Gasteiger partial charge on any atom is -0.339 e. The highest BCUT2D eigenvalue weighted by Gasteiger charge is 2.39. The Morgan fingerprint density at radius 3 is 2.67 bits per heavy atom. The van der Waals surface area contributed by atoms with E-state index in [9.17, 15) is 18.0 Å². The van der Waals surface area contributed by atoms with Crippen LogP contribution < -0.4 is 5.32 Å². The van der Waals surface area contributed by atoms with Gasteiger partial charge in [-0.3, -0.25) is 14.9 Å². The van der Waals surface area contributed by atoms with Gasteiger partial charge in [-0.1, -0.05) is 0 Å². The zero-order chi connectivity index (χ0) is 13.5. The van der Waals surface area contributed by atoms with Crippen molar-refractivity contribution >= 4 is 21.8 Å². The van der Waals surface area contributed by atoms with Crippen molar-refractivity contribution in [2.75, 3.05) is 6.54 Å². The standard InChI is InChI=1S/C9H12N4O4S/c1-6-9(15)11-7(14)3-13(6)18(16,17)8-4-12(2)5-10-8/h4-6H,3H2,1-2H3,(H,11,14,15). The normalized spacial score (nSPS) is 22.0. The lowest BCUT2D eigenvalue weighted by Crippen LogP contribution is -2.58. The van der Waals surface area contributed by atoms with E-state index >= 15 is 0 Å². The van der Waals surface area contributed by atoms with Crippen LogP contribution in [0.2, 0.25) is 0 Å². The maximum Gasteiger partial charge on any atom is 0.263 e. The van der Waals surface area contributed by atoms with Crippen molar-refractivity contribution in [3.05, 3.63) is 12.5 Å². The third-order valence-corrected chi connectivity index (χ3v) is 4.43. The van der Waals surface area contributed by atoms with Crippen LogP contribution in [0, 0.1) is 0 Å². The number of carbonyl (C=O) groups excluding carboxylic acids is 2. The average molecular weight is 272 g/mol. The van der Waals surface area contributed by atoms with Crippen LogP contribution in [0.5, 0.6) is 0 Å². The van der Waals surface area contributed by atoms with Gasteiger partial charge in [-0.2, -0.15) is 4.31 Å². The molecular weight excluding hydrogens is 260 g/mol. The van der Waals surface area contributed by atoms with Crippen LogP contribution in [-0.4, -0.2) is 46.7 Å². The summed E-state index contributed by atoms with van der Waals surface area (Å²) in [6, 6.07) is -0.935. The number of hydrogen-bond acceptors (Lipinski definition) is 5. The minimum atomic E-state index is -3.94. The number of imide groups is 1. The number of carbonyl (C=O) groups is 2. The molecule has 2 amide bonds. The molecule has 0 bridgehead atoms. The van der Waals surface area contributed by atoms with Gasteiger partial charge in [-0.05, 0) is 6.92 Å². The molecule has 98 valence electrons. The number of amides is 2. The summed E-state index contributed by atoms with van der Waals surface area (Å²) in [7, 11) is -2.31. The quantitative estimate of drug-likeness (QED) is 0.657. The summed E-state index contributed by atoms with van der Waals surface area (Å²) in [5.74, 6) is -1.27. The Kier molecular flexibility index (Phi) is 2.95. The van der Waals surface area contributed by atoms with E-state index in [0.29, 0.717) is 0 Å². The molecule has 0 radical (unpaired) electrons. The average Bonchev–Trinajstić information content (AvgIpc) is 2.70. The molecule has 2 heterocycles. The van der Waals surface area contributed by atoms with Crippen LogP contribution in [0.15, 0.2) is 17.6 Å². The SMILES string of the molecule is CC1C(=O)NC(=O)CN1S(=O)(=O)c1cn(C)cn1. The molecule has 1 atom stereocenters. The van der Waals surface area contributed by atoms with E-state index in [0.717, 1.165) is 4.31 Å². The molecule has 1 fully saturated rings. The van der Waals surface area contributed by atoms with Gasteiger partial charge < -0.3 is 4.57 Å². The van der Waals surface area contributed by atoms with Gasteiger partial charge in [0.25, 0.3) is 10.0 Å². The minimum absolute atomic E-state index is 0.181. The Morgan fingerprint density at radius 1 is 1.44 bits per heavy atom. The van der Waals surface area contributed by atoms with Crippen LogP contribution in [0.25, 0.3) is 0 Å². The first kappa shape index (κ1) is 12.7. The number of aromatic nitrogens is 2. The molecule has 1 aliphatic heterocycles. The van der Waals surface area contributed by atoms with Gasteiger partial charge in [0, 0.05) is 13.2 Å². The summed E-state index contributed by atoms with van der Waals surface area (Å²) in [5.41, 5.74) is 0. The zero-order valence-corrected chi connectivity index (χ0v) is 10.6. The van der Waals surface area contributed by atoms with Crippen LogP contribution in [-0.2, 0) is 26.7 Å². The maximum atomic E-state index is 12.2. The molecule has 18 heavy (non-hydrogen) atoms. The Balaban J connectivity index is 2.40. The highest BCUT2D eigenvalue weighted by atomic mass is 32.2. The van der Waals surface area contributed by atoms with Crippen molar-refractivity contribution in [2.45, 2.75) is 18.0 Å². The molecule has 0 aliphatic carbocycles. The summed E-state index contributed by atoms with van der Waals surface area (Å²) >= 11 is 0. The molecule has 8 nitrogen and oxygen atoms in total. The Bertz CT molecular complexity index is 606. The van der Waals surface area contributed by atoms with E-state index in [1.165, 1.54) is 24.0 Å². The fraction of sp³-hybridized carbons (Fsp3) is 0.444. The van der Waals surface area contributed by atoms with Crippen LogP contribution in [0.1, 0.15) is 6.92 Å². The second kappa shape index (κ2) is 4.18. The molecule has 0 aromatic carbocycles. The molecule has 1 unspecified atom stereocenters. The fourth-order valence-corrected chi connectivity index (χ4v) is 3.15. The Hall–Kier alpha value is -1.74. The largest absolute Gasteiger partial charge is 0.339 e. The molecule has 0 spiro atoms. The lowest BCUT2D eigenvalue weighted by atomic mass is 10.2. The van der Waals surface area contributed by atoms with Crippen LogP contribution in [0.3, 0.4) is 0 Å². The Morgan fingerprint density at radius 2 is 2.11 bits per heavy atom. The number of sulfonamides is 1. The number of imidazole rings is 1. The van der Waals surface area contributed by atoms with Crippen LogP contribution in [0.4, 0.5) is 0 Å². The smallest absolute Gasteiger partial charge is 0.263 e. The highest BCUT2D eigenvalue weighted by molar-refractivity contribution is 7.89. The predicted molar refractivity (Wildman–Crippen MR) is 59.7 cm³/mol. The van der Waals surface area contributed by atoms with Gasteiger partial charge in [0.2, 0.25) is 11.8 Å². The lowest BCUT2D eigenvalue weighted by molar-refractivity contribution is -0.136. The molecule has 2 rings (SSSR count). The molecule has 1 aromatic heterocycles. The molecule has 1 saturated heterocycles. The van der Waals surface area contributed by atoms with Crippen molar-refractivity contribution in [1.29, 1.82) is 0 Å². The predicted octanol–water partition coefficient (Wildman–Crippen LogP) is -1.54. The van der Waals surface area contributed by atoms with Gasteiger partial charge in [-0.25, -0.2) is 13.4 Å². The second-order valence-electron chi connectivity index (χ2n) is 4.02. The van der Waals surface area contributed by atoms with Crippen molar-refractivity contribution in [1.82, 2.24) is 19.2 Å². The summed E-state index contributed by atoms with van der Waals surface area (Å²) in [4.78, 5) is 26.4. The van der Waals surface area contributed by atoms with Gasteiger partial charge in [0.15, 0.2) is 5.03 Å². The number of hydrogen-bond donors (Lipinski definition) is 1. The first-order valence-corrected chi connectivity index (χ1v) is 6.60. The number of nitrogens with zero attached hydrogens (tertiary/aromatic N) is 3. The van der Waals surface area contributed by atoms with E-state index in [4.69, 9.17) is 0 Å². The van der Waals surface area contributed by atoms with E-state index in [-0.39, 0.29) is 11.6 Å². The maximum absolute atomic E-state index is 12.2. The number of aryl methyl sites for hydroxylation is 1. The third-order valence-electron chi connectivity index (χ3n) is 2.63. The van der Waals surface area contributed by atoms with Gasteiger partial charge in [-0.15, -0.1) is 0 Å². The van der Waals surface area contributed by atoms with Gasteiger partial charge >= 0.3 is 0 Å². The molecule has 9 heteroatoms. The van der Waals surface area contributed by atoms with E-state index < -0.39 is 27.9 Å².